The fourth-order valence-corrected chi connectivity index (χ4v) is 3.19. The number of benzene rings is 2. The van der Waals surface area contributed by atoms with Crippen molar-refractivity contribution < 1.29 is 4.79 Å². The van der Waals surface area contributed by atoms with E-state index in [1.165, 1.54) is 11.3 Å². The van der Waals surface area contributed by atoms with Crippen molar-refractivity contribution in [3.05, 3.63) is 59.1 Å². The van der Waals surface area contributed by atoms with Crippen LogP contribution in [0.4, 0.5) is 11.4 Å². The molecule has 0 radical (unpaired) electrons. The Balaban J connectivity index is 1.53. The smallest absolute Gasteiger partial charge is 0.241 e. The molecule has 0 bridgehead atoms. The molecule has 0 saturated carbocycles. The molecule has 3 rings (SSSR count). The summed E-state index contributed by atoms with van der Waals surface area (Å²) in [7, 11) is 0. The van der Waals surface area contributed by atoms with E-state index < -0.39 is 0 Å². The van der Waals surface area contributed by atoms with Gasteiger partial charge in [-0.25, -0.2) is 0 Å². The maximum atomic E-state index is 12.5. The lowest BCUT2D eigenvalue weighted by Crippen LogP contribution is -2.52. The average Bonchev–Trinajstić information content (AvgIpc) is 2.64. The van der Waals surface area contributed by atoms with Gasteiger partial charge >= 0.3 is 0 Å². The van der Waals surface area contributed by atoms with Gasteiger partial charge in [0.05, 0.1) is 6.04 Å². The largest absolute Gasteiger partial charge is 0.369 e. The summed E-state index contributed by atoms with van der Waals surface area (Å²) >= 11 is 5.95. The first-order valence-corrected chi connectivity index (χ1v) is 9.03. The van der Waals surface area contributed by atoms with E-state index in [0.717, 1.165) is 36.9 Å². The number of hydrogen-bond acceptors (Lipinski definition) is 3. The van der Waals surface area contributed by atoms with Crippen molar-refractivity contribution in [1.29, 1.82) is 0 Å². The maximum Gasteiger partial charge on any atom is 0.241 e. The monoisotopic (exact) mass is 357 g/mol. The summed E-state index contributed by atoms with van der Waals surface area (Å²) in [5.41, 5.74) is 3.22. The number of nitrogens with one attached hydrogen (secondary N) is 1. The molecule has 0 aromatic heterocycles. The molecule has 1 aliphatic heterocycles. The standard InChI is InChI=1S/C20H24ClN3O/c1-15-3-7-18(8-4-15)22-20(25)16(2)23-11-13-24(14-12-23)19-9-5-17(21)6-10-19/h3-10,16H,11-14H2,1-2H3,(H,22,25). The number of amides is 1. The number of piperazine rings is 1. The Hall–Kier alpha value is -2.04. The molecule has 1 fully saturated rings. The SMILES string of the molecule is Cc1ccc(NC(=O)C(C)N2CCN(c3ccc(Cl)cc3)CC2)cc1. The number of rotatable bonds is 4. The van der Waals surface area contributed by atoms with Gasteiger partial charge in [0, 0.05) is 42.6 Å². The van der Waals surface area contributed by atoms with Gasteiger partial charge in [-0.2, -0.15) is 0 Å². The zero-order valence-electron chi connectivity index (χ0n) is 14.7. The first-order chi connectivity index (χ1) is 12.0. The second-order valence-corrected chi connectivity index (χ2v) is 6.97. The lowest BCUT2D eigenvalue weighted by Gasteiger charge is -2.38. The highest BCUT2D eigenvalue weighted by atomic mass is 35.5. The predicted octanol–water partition coefficient (Wildman–Crippen LogP) is 3.80. The Morgan fingerprint density at radius 1 is 1.00 bits per heavy atom. The predicted molar refractivity (Wildman–Crippen MR) is 105 cm³/mol. The lowest BCUT2D eigenvalue weighted by atomic mass is 10.2. The van der Waals surface area contributed by atoms with Crippen LogP contribution in [0.15, 0.2) is 48.5 Å². The van der Waals surface area contributed by atoms with Gasteiger partial charge in [-0.15, -0.1) is 0 Å². The zero-order valence-corrected chi connectivity index (χ0v) is 15.5. The molecule has 132 valence electrons. The molecule has 1 saturated heterocycles. The molecule has 1 N–H and O–H groups in total. The van der Waals surface area contributed by atoms with Crippen LogP contribution in [0.25, 0.3) is 0 Å². The summed E-state index contributed by atoms with van der Waals surface area (Å²) in [6, 6.07) is 15.7. The number of halogens is 1. The Labute approximate surface area is 154 Å². The number of aryl methyl sites for hydroxylation is 1. The van der Waals surface area contributed by atoms with Crippen molar-refractivity contribution in [2.45, 2.75) is 19.9 Å². The maximum absolute atomic E-state index is 12.5. The van der Waals surface area contributed by atoms with Crippen LogP contribution in [-0.4, -0.2) is 43.0 Å². The molecule has 1 heterocycles. The van der Waals surface area contributed by atoms with E-state index in [2.05, 4.69) is 15.1 Å². The van der Waals surface area contributed by atoms with E-state index >= 15 is 0 Å². The van der Waals surface area contributed by atoms with Gasteiger partial charge in [0.25, 0.3) is 0 Å². The Kier molecular flexibility index (Phi) is 5.61. The fourth-order valence-electron chi connectivity index (χ4n) is 3.07. The average molecular weight is 358 g/mol. The van der Waals surface area contributed by atoms with Crippen molar-refractivity contribution in [1.82, 2.24) is 4.90 Å². The van der Waals surface area contributed by atoms with Crippen LogP contribution >= 0.6 is 11.6 Å². The molecule has 1 unspecified atom stereocenters. The number of hydrogen-bond donors (Lipinski definition) is 1. The molecule has 0 spiro atoms. The van der Waals surface area contributed by atoms with E-state index in [1.807, 2.05) is 62.4 Å². The molecule has 1 atom stereocenters. The molecule has 4 nitrogen and oxygen atoms in total. The van der Waals surface area contributed by atoms with Gasteiger partial charge < -0.3 is 10.2 Å². The third kappa shape index (κ3) is 4.53. The minimum atomic E-state index is -0.145. The molecule has 5 heteroatoms. The topological polar surface area (TPSA) is 35.6 Å². The van der Waals surface area contributed by atoms with Crippen LogP contribution in [0, 0.1) is 6.92 Å². The number of anilines is 2. The minimum Gasteiger partial charge on any atom is -0.369 e. The van der Waals surface area contributed by atoms with E-state index in [1.54, 1.807) is 0 Å². The Bertz CT molecular complexity index is 707. The molecular weight excluding hydrogens is 334 g/mol. The molecule has 1 aliphatic rings. The van der Waals surface area contributed by atoms with Crippen LogP contribution in [0.5, 0.6) is 0 Å². The highest BCUT2D eigenvalue weighted by molar-refractivity contribution is 6.30. The first kappa shape index (κ1) is 17.8. The zero-order chi connectivity index (χ0) is 17.8. The van der Waals surface area contributed by atoms with E-state index in [0.29, 0.717) is 0 Å². The van der Waals surface area contributed by atoms with E-state index in [4.69, 9.17) is 11.6 Å². The van der Waals surface area contributed by atoms with Gasteiger partial charge in [-0.05, 0) is 50.2 Å². The van der Waals surface area contributed by atoms with Gasteiger partial charge in [-0.1, -0.05) is 29.3 Å². The van der Waals surface area contributed by atoms with Crippen LogP contribution in [0.3, 0.4) is 0 Å². The number of carbonyl (C=O) groups is 1. The molecule has 0 aliphatic carbocycles. The Morgan fingerprint density at radius 3 is 2.20 bits per heavy atom. The van der Waals surface area contributed by atoms with Crippen LogP contribution < -0.4 is 10.2 Å². The Morgan fingerprint density at radius 2 is 1.60 bits per heavy atom. The summed E-state index contributed by atoms with van der Waals surface area (Å²) in [4.78, 5) is 17.1. The quantitative estimate of drug-likeness (QED) is 0.904. The molecular formula is C20H24ClN3O. The molecule has 2 aromatic rings. The fraction of sp³-hybridized carbons (Fsp3) is 0.350. The van der Waals surface area contributed by atoms with Crippen molar-refractivity contribution in [3.63, 3.8) is 0 Å². The van der Waals surface area contributed by atoms with Crippen LogP contribution in [-0.2, 0) is 4.79 Å². The highest BCUT2D eigenvalue weighted by Crippen LogP contribution is 2.20. The second-order valence-electron chi connectivity index (χ2n) is 6.53. The van der Waals surface area contributed by atoms with Gasteiger partial charge in [-0.3, -0.25) is 9.69 Å². The highest BCUT2D eigenvalue weighted by Gasteiger charge is 2.25. The van der Waals surface area contributed by atoms with Gasteiger partial charge in [0.1, 0.15) is 0 Å². The normalized spacial score (nSPS) is 16.5. The van der Waals surface area contributed by atoms with E-state index in [-0.39, 0.29) is 11.9 Å². The van der Waals surface area contributed by atoms with Crippen molar-refractivity contribution in [2.24, 2.45) is 0 Å². The summed E-state index contributed by atoms with van der Waals surface area (Å²) in [5.74, 6) is 0.0452. The van der Waals surface area contributed by atoms with E-state index in [9.17, 15) is 4.79 Å². The van der Waals surface area contributed by atoms with Crippen LogP contribution in [0.2, 0.25) is 5.02 Å². The van der Waals surface area contributed by atoms with Crippen LogP contribution in [0.1, 0.15) is 12.5 Å². The molecule has 25 heavy (non-hydrogen) atoms. The third-order valence-corrected chi connectivity index (χ3v) is 5.00. The summed E-state index contributed by atoms with van der Waals surface area (Å²) < 4.78 is 0. The van der Waals surface area contributed by atoms with Crippen molar-refractivity contribution >= 4 is 28.9 Å². The molecule has 2 aromatic carbocycles. The van der Waals surface area contributed by atoms with Crippen molar-refractivity contribution in [2.75, 3.05) is 36.4 Å². The lowest BCUT2D eigenvalue weighted by molar-refractivity contribution is -0.120. The summed E-state index contributed by atoms with van der Waals surface area (Å²) in [6.07, 6.45) is 0. The molecule has 1 amide bonds. The third-order valence-electron chi connectivity index (χ3n) is 4.75. The summed E-state index contributed by atoms with van der Waals surface area (Å²) in [5, 5.41) is 3.76. The van der Waals surface area contributed by atoms with Crippen molar-refractivity contribution in [3.8, 4) is 0 Å². The number of carbonyl (C=O) groups excluding carboxylic acids is 1. The number of nitrogens with zero attached hydrogens (tertiary/aromatic N) is 2. The minimum absolute atomic E-state index is 0.0452. The second kappa shape index (κ2) is 7.89. The van der Waals surface area contributed by atoms with Gasteiger partial charge in [0.15, 0.2) is 0 Å². The van der Waals surface area contributed by atoms with Gasteiger partial charge in [0.2, 0.25) is 5.91 Å². The summed E-state index contributed by atoms with van der Waals surface area (Å²) in [6.45, 7) is 7.56. The first-order valence-electron chi connectivity index (χ1n) is 8.65.